The topological polar surface area (TPSA) is 77.0 Å². The molecule has 0 aliphatic rings. The van der Waals surface area contributed by atoms with Crippen LogP contribution in [0.15, 0.2) is 42.6 Å². The molecule has 2 aromatic rings. The molecule has 0 radical (unpaired) electrons. The summed E-state index contributed by atoms with van der Waals surface area (Å²) in [4.78, 5) is 3.99. The summed E-state index contributed by atoms with van der Waals surface area (Å²) in [6.45, 7) is 2.08. The maximum atomic E-state index is 5.68. The lowest BCUT2D eigenvalue weighted by atomic mass is 9.96. The molecule has 0 fully saturated rings. The maximum Gasteiger partial charge on any atom is 0.123 e. The molecule has 4 nitrogen and oxygen atoms in total. The van der Waals surface area contributed by atoms with Crippen LogP contribution in [0.2, 0.25) is 0 Å². The van der Waals surface area contributed by atoms with Gasteiger partial charge in [0.1, 0.15) is 5.82 Å². The Morgan fingerprint density at radius 1 is 1.28 bits per heavy atom. The van der Waals surface area contributed by atoms with E-state index in [1.807, 2.05) is 24.3 Å². The van der Waals surface area contributed by atoms with Crippen LogP contribution in [0, 0.1) is 6.92 Å². The highest BCUT2D eigenvalue weighted by Crippen LogP contribution is 2.21. The molecule has 0 spiro atoms. The van der Waals surface area contributed by atoms with Crippen molar-refractivity contribution in [2.75, 3.05) is 5.73 Å². The number of rotatable bonds is 4. The summed E-state index contributed by atoms with van der Waals surface area (Å²) >= 11 is 0. The second-order valence-electron chi connectivity index (χ2n) is 4.37. The Hall–Kier alpha value is -1.91. The van der Waals surface area contributed by atoms with E-state index in [-0.39, 0.29) is 6.04 Å². The van der Waals surface area contributed by atoms with Gasteiger partial charge in [0, 0.05) is 6.20 Å². The zero-order chi connectivity index (χ0) is 13.0. The molecule has 94 valence electrons. The summed E-state index contributed by atoms with van der Waals surface area (Å²) in [5.74, 6) is 6.20. The van der Waals surface area contributed by atoms with Gasteiger partial charge in [0.25, 0.3) is 0 Å². The number of nitrogens with two attached hydrogens (primary N) is 2. The molecule has 1 atom stereocenters. The Bertz CT molecular complexity index is 525. The minimum Gasteiger partial charge on any atom is -0.384 e. The molecular weight excluding hydrogens is 224 g/mol. The van der Waals surface area contributed by atoms with Crippen molar-refractivity contribution in [3.63, 3.8) is 0 Å². The Morgan fingerprint density at radius 2 is 2.06 bits per heavy atom. The number of hydrazine groups is 1. The summed E-state index contributed by atoms with van der Waals surface area (Å²) in [6, 6.07) is 12.1. The van der Waals surface area contributed by atoms with Gasteiger partial charge < -0.3 is 5.73 Å². The third-order valence-electron chi connectivity index (χ3n) is 3.05. The SMILES string of the molecule is Cc1ccccc1C(Cc1ccnc(N)c1)NN. The molecule has 0 bridgehead atoms. The van der Waals surface area contributed by atoms with E-state index in [4.69, 9.17) is 11.6 Å². The van der Waals surface area contributed by atoms with Crippen molar-refractivity contribution in [3.05, 3.63) is 59.3 Å². The number of hydrogen-bond donors (Lipinski definition) is 3. The van der Waals surface area contributed by atoms with Gasteiger partial charge in [-0.3, -0.25) is 11.3 Å². The minimum absolute atomic E-state index is 0.0769. The summed E-state index contributed by atoms with van der Waals surface area (Å²) < 4.78 is 0. The van der Waals surface area contributed by atoms with Crippen molar-refractivity contribution in [3.8, 4) is 0 Å². The highest BCUT2D eigenvalue weighted by atomic mass is 15.2. The molecule has 2 rings (SSSR count). The summed E-state index contributed by atoms with van der Waals surface area (Å²) in [5.41, 5.74) is 12.1. The Labute approximate surface area is 107 Å². The van der Waals surface area contributed by atoms with Gasteiger partial charge in [-0.15, -0.1) is 0 Å². The van der Waals surface area contributed by atoms with E-state index in [9.17, 15) is 0 Å². The second-order valence-corrected chi connectivity index (χ2v) is 4.37. The van der Waals surface area contributed by atoms with Gasteiger partial charge in [-0.25, -0.2) is 4.98 Å². The fourth-order valence-electron chi connectivity index (χ4n) is 2.09. The average molecular weight is 242 g/mol. The first-order valence-corrected chi connectivity index (χ1v) is 5.93. The van der Waals surface area contributed by atoms with Crippen LogP contribution >= 0.6 is 0 Å². The third-order valence-corrected chi connectivity index (χ3v) is 3.05. The molecule has 1 aromatic heterocycles. The lowest BCUT2D eigenvalue weighted by Gasteiger charge is -2.18. The van der Waals surface area contributed by atoms with Crippen LogP contribution in [0.25, 0.3) is 0 Å². The van der Waals surface area contributed by atoms with Gasteiger partial charge in [-0.2, -0.15) is 0 Å². The molecule has 4 heteroatoms. The fraction of sp³-hybridized carbons (Fsp3) is 0.214. The number of aromatic nitrogens is 1. The molecule has 1 aromatic carbocycles. The van der Waals surface area contributed by atoms with Gasteiger partial charge in [-0.05, 0) is 42.2 Å². The van der Waals surface area contributed by atoms with Gasteiger partial charge >= 0.3 is 0 Å². The molecular formula is C14H18N4. The zero-order valence-corrected chi connectivity index (χ0v) is 10.4. The molecule has 0 amide bonds. The molecule has 0 saturated carbocycles. The lowest BCUT2D eigenvalue weighted by molar-refractivity contribution is 0.549. The quantitative estimate of drug-likeness (QED) is 0.563. The van der Waals surface area contributed by atoms with E-state index in [2.05, 4.69) is 29.5 Å². The first-order valence-electron chi connectivity index (χ1n) is 5.93. The third kappa shape index (κ3) is 2.85. The van der Waals surface area contributed by atoms with E-state index in [1.54, 1.807) is 6.20 Å². The standard InChI is InChI=1S/C14H18N4/c1-10-4-2-3-5-12(10)13(18-16)8-11-6-7-17-14(15)9-11/h2-7,9,13,18H,8,16H2,1H3,(H2,15,17). The summed E-state index contributed by atoms with van der Waals surface area (Å²) in [5, 5.41) is 0. The van der Waals surface area contributed by atoms with Crippen molar-refractivity contribution in [2.45, 2.75) is 19.4 Å². The normalized spacial score (nSPS) is 12.3. The first-order chi connectivity index (χ1) is 8.70. The van der Waals surface area contributed by atoms with Crippen LogP contribution in [-0.2, 0) is 6.42 Å². The van der Waals surface area contributed by atoms with E-state index >= 15 is 0 Å². The smallest absolute Gasteiger partial charge is 0.123 e. The number of nitrogens with zero attached hydrogens (tertiary/aromatic N) is 1. The van der Waals surface area contributed by atoms with Crippen molar-refractivity contribution < 1.29 is 0 Å². The molecule has 0 saturated heterocycles. The van der Waals surface area contributed by atoms with Crippen LogP contribution < -0.4 is 17.0 Å². The Balaban J connectivity index is 2.23. The highest BCUT2D eigenvalue weighted by Gasteiger charge is 2.12. The van der Waals surface area contributed by atoms with Crippen LogP contribution in [-0.4, -0.2) is 4.98 Å². The number of aryl methyl sites for hydroxylation is 1. The van der Waals surface area contributed by atoms with Crippen LogP contribution in [0.3, 0.4) is 0 Å². The van der Waals surface area contributed by atoms with E-state index in [1.165, 1.54) is 11.1 Å². The van der Waals surface area contributed by atoms with Crippen LogP contribution in [0.1, 0.15) is 22.7 Å². The lowest BCUT2D eigenvalue weighted by Crippen LogP contribution is -2.30. The maximum absolute atomic E-state index is 5.68. The minimum atomic E-state index is 0.0769. The zero-order valence-electron chi connectivity index (χ0n) is 10.4. The van der Waals surface area contributed by atoms with Crippen LogP contribution in [0.4, 0.5) is 5.82 Å². The highest BCUT2D eigenvalue weighted by molar-refractivity contribution is 5.34. The van der Waals surface area contributed by atoms with Gasteiger partial charge in [0.15, 0.2) is 0 Å². The van der Waals surface area contributed by atoms with E-state index < -0.39 is 0 Å². The number of benzene rings is 1. The van der Waals surface area contributed by atoms with Crippen molar-refractivity contribution >= 4 is 5.82 Å². The van der Waals surface area contributed by atoms with Gasteiger partial charge in [0.2, 0.25) is 0 Å². The van der Waals surface area contributed by atoms with Crippen molar-refractivity contribution in [1.82, 2.24) is 10.4 Å². The average Bonchev–Trinajstić information content (AvgIpc) is 2.37. The number of nitrogens with one attached hydrogen (secondary N) is 1. The molecule has 5 N–H and O–H groups in total. The largest absolute Gasteiger partial charge is 0.384 e. The number of anilines is 1. The predicted molar refractivity (Wildman–Crippen MR) is 73.6 cm³/mol. The summed E-state index contributed by atoms with van der Waals surface area (Å²) in [7, 11) is 0. The molecule has 0 aliphatic heterocycles. The van der Waals surface area contributed by atoms with E-state index in [0.29, 0.717) is 5.82 Å². The molecule has 18 heavy (non-hydrogen) atoms. The van der Waals surface area contributed by atoms with Gasteiger partial charge in [-0.1, -0.05) is 24.3 Å². The van der Waals surface area contributed by atoms with Crippen molar-refractivity contribution in [2.24, 2.45) is 5.84 Å². The Morgan fingerprint density at radius 3 is 2.72 bits per heavy atom. The first kappa shape index (κ1) is 12.5. The second kappa shape index (κ2) is 5.62. The molecule has 0 aliphatic carbocycles. The number of hydrogen-bond acceptors (Lipinski definition) is 4. The van der Waals surface area contributed by atoms with Gasteiger partial charge in [0.05, 0.1) is 6.04 Å². The number of pyridine rings is 1. The van der Waals surface area contributed by atoms with E-state index in [0.717, 1.165) is 12.0 Å². The summed E-state index contributed by atoms with van der Waals surface area (Å²) in [6.07, 6.45) is 2.50. The molecule has 1 unspecified atom stereocenters. The number of nitrogen functional groups attached to an aromatic ring is 1. The molecule has 1 heterocycles. The van der Waals surface area contributed by atoms with Crippen molar-refractivity contribution in [1.29, 1.82) is 0 Å². The fourth-order valence-corrected chi connectivity index (χ4v) is 2.09. The van der Waals surface area contributed by atoms with Crippen LogP contribution in [0.5, 0.6) is 0 Å². The monoisotopic (exact) mass is 242 g/mol. The Kier molecular flexibility index (Phi) is 3.92. The predicted octanol–water partition coefficient (Wildman–Crippen LogP) is 1.72.